The van der Waals surface area contributed by atoms with E-state index >= 15 is 0 Å². The number of carbonyl (C=O) groups excluding carboxylic acids is 5. The van der Waals surface area contributed by atoms with Gasteiger partial charge in [0.2, 0.25) is 11.7 Å². The molecular weight excluding hydrogens is 658 g/mol. The van der Waals surface area contributed by atoms with Crippen molar-refractivity contribution in [2.24, 2.45) is 17.8 Å². The molecule has 12 heteroatoms. The SMILES string of the molecule is CC1=CCC(O)=CCC(C)C(O)C(CO)C=C(C)C(=O)c2c(O)c(C)cc3c2C(=O)C(=O)C(=C3O)NC(=O)C=CC=CC=CC(C)C(O)CC1=O. The second kappa shape index (κ2) is 17.7. The topological polar surface area (TPSA) is 219 Å². The van der Waals surface area contributed by atoms with Gasteiger partial charge in [0.15, 0.2) is 17.3 Å². The summed E-state index contributed by atoms with van der Waals surface area (Å²) >= 11 is 0. The van der Waals surface area contributed by atoms with Gasteiger partial charge in [-0.15, -0.1) is 0 Å². The summed E-state index contributed by atoms with van der Waals surface area (Å²) in [7, 11) is 0. The molecule has 51 heavy (non-hydrogen) atoms. The lowest BCUT2D eigenvalue weighted by Crippen LogP contribution is -2.35. The maximum absolute atomic E-state index is 13.8. The normalized spacial score (nSPS) is 25.1. The number of nitrogens with one attached hydrogen (secondary N) is 1. The Morgan fingerprint density at radius 2 is 1.49 bits per heavy atom. The first kappa shape index (κ1) is 40.3. The van der Waals surface area contributed by atoms with Crippen LogP contribution in [0.4, 0.5) is 0 Å². The van der Waals surface area contributed by atoms with Gasteiger partial charge in [-0.3, -0.25) is 24.0 Å². The smallest absolute Gasteiger partial charge is 0.253 e. The van der Waals surface area contributed by atoms with Crippen LogP contribution in [0.2, 0.25) is 0 Å². The van der Waals surface area contributed by atoms with Crippen LogP contribution in [0.25, 0.3) is 5.76 Å². The third-order valence-electron chi connectivity index (χ3n) is 8.95. The van der Waals surface area contributed by atoms with Gasteiger partial charge < -0.3 is 36.0 Å². The second-order valence-electron chi connectivity index (χ2n) is 12.9. The molecule has 0 saturated carbocycles. The Bertz CT molecular complexity index is 1800. The number of phenols is 1. The Morgan fingerprint density at radius 1 is 0.824 bits per heavy atom. The number of ketones is 4. The van der Waals surface area contributed by atoms with Crippen LogP contribution in [0, 0.1) is 24.7 Å². The number of aryl methyl sites for hydroxylation is 1. The minimum atomic E-state index is -1.33. The standard InChI is InChI=1S/C39H45NO11/c1-20-10-8-6-7-9-11-30(45)40-33-37(49)27-17-24(5)36(48)32(31(27)38(50)39(33)51)35(47)23(4)16-25(19-41)34(46)22(3)13-15-26(42)14-12-21(2)29(44)18-28(20)43/h6-12,15-17,20,22,25,28,34,41-43,46,48-49H,13-14,18-19H2,1-5H3,(H,40,45). The van der Waals surface area contributed by atoms with E-state index in [4.69, 9.17) is 0 Å². The summed E-state index contributed by atoms with van der Waals surface area (Å²) in [5.74, 6) is -8.09. The highest BCUT2D eigenvalue weighted by molar-refractivity contribution is 6.53. The number of aliphatic hydroxyl groups is 5. The molecule has 4 rings (SSSR count). The van der Waals surface area contributed by atoms with Crippen molar-refractivity contribution in [3.63, 3.8) is 0 Å². The molecule has 0 spiro atoms. The molecule has 1 aromatic rings. The third kappa shape index (κ3) is 9.75. The molecule has 7 N–H and O–H groups in total. The predicted octanol–water partition coefficient (Wildman–Crippen LogP) is 4.35. The summed E-state index contributed by atoms with van der Waals surface area (Å²) in [6.45, 7) is 7.11. The van der Waals surface area contributed by atoms with Crippen molar-refractivity contribution in [1.82, 2.24) is 5.32 Å². The first-order valence-electron chi connectivity index (χ1n) is 16.5. The molecule has 5 atom stereocenters. The van der Waals surface area contributed by atoms with Gasteiger partial charge in [0.05, 0.1) is 35.7 Å². The number of fused-ring (bicyclic) bond motifs is 18. The average molecular weight is 704 g/mol. The molecule has 2 heterocycles. The summed E-state index contributed by atoms with van der Waals surface area (Å²) in [5, 5.41) is 66.3. The van der Waals surface area contributed by atoms with E-state index in [0.29, 0.717) is 5.57 Å². The number of allylic oxidation sites excluding steroid dienone is 9. The fourth-order valence-electron chi connectivity index (χ4n) is 5.57. The van der Waals surface area contributed by atoms with E-state index in [1.54, 1.807) is 39.0 Å². The van der Waals surface area contributed by atoms with Gasteiger partial charge in [-0.25, -0.2) is 0 Å². The number of aliphatic hydroxyl groups excluding tert-OH is 5. The molecule has 0 saturated heterocycles. The maximum atomic E-state index is 13.8. The van der Waals surface area contributed by atoms with E-state index in [0.717, 1.165) is 6.08 Å². The van der Waals surface area contributed by atoms with Crippen LogP contribution >= 0.6 is 0 Å². The Morgan fingerprint density at radius 3 is 2.16 bits per heavy atom. The van der Waals surface area contributed by atoms with Crippen molar-refractivity contribution in [2.75, 3.05) is 6.61 Å². The molecule has 1 amide bonds. The highest BCUT2D eigenvalue weighted by Crippen LogP contribution is 2.37. The van der Waals surface area contributed by atoms with Gasteiger partial charge in [0.25, 0.3) is 5.78 Å². The zero-order valence-corrected chi connectivity index (χ0v) is 29.2. The van der Waals surface area contributed by atoms with E-state index in [1.807, 2.05) is 0 Å². The summed E-state index contributed by atoms with van der Waals surface area (Å²) in [6, 6.07) is 1.20. The van der Waals surface area contributed by atoms with E-state index < -0.39 is 88.2 Å². The van der Waals surface area contributed by atoms with Crippen LogP contribution < -0.4 is 5.32 Å². The summed E-state index contributed by atoms with van der Waals surface area (Å²) in [4.78, 5) is 65.6. The fraction of sp³-hybridized carbons (Fsp3) is 0.359. The first-order valence-corrected chi connectivity index (χ1v) is 16.5. The van der Waals surface area contributed by atoms with Crippen LogP contribution in [0.15, 0.2) is 83.4 Å². The van der Waals surface area contributed by atoms with Gasteiger partial charge in [-0.05, 0) is 62.0 Å². The molecule has 5 unspecified atom stereocenters. The molecule has 4 bridgehead atoms. The minimum Gasteiger partial charge on any atom is -0.512 e. The van der Waals surface area contributed by atoms with E-state index in [2.05, 4.69) is 5.32 Å². The van der Waals surface area contributed by atoms with Crippen molar-refractivity contribution in [2.45, 2.75) is 66.1 Å². The zero-order valence-electron chi connectivity index (χ0n) is 29.2. The molecule has 0 aromatic heterocycles. The van der Waals surface area contributed by atoms with Crippen molar-refractivity contribution in [3.8, 4) is 5.75 Å². The molecule has 1 aromatic carbocycles. The van der Waals surface area contributed by atoms with Crippen molar-refractivity contribution < 1.29 is 54.6 Å². The number of hydrogen-bond donors (Lipinski definition) is 7. The lowest BCUT2D eigenvalue weighted by atomic mass is 9.82. The number of hydrogen-bond acceptors (Lipinski definition) is 11. The van der Waals surface area contributed by atoms with Gasteiger partial charge >= 0.3 is 0 Å². The Balaban J connectivity index is 2.10. The van der Waals surface area contributed by atoms with Gasteiger partial charge in [-0.1, -0.05) is 56.4 Å². The summed E-state index contributed by atoms with van der Waals surface area (Å²) in [5.41, 5.74) is -1.77. The molecule has 1 aliphatic carbocycles. The molecule has 12 nitrogen and oxygen atoms in total. The van der Waals surface area contributed by atoms with E-state index in [-0.39, 0.29) is 47.5 Å². The van der Waals surface area contributed by atoms with Gasteiger partial charge in [-0.2, -0.15) is 0 Å². The van der Waals surface area contributed by atoms with Crippen LogP contribution in [0.3, 0.4) is 0 Å². The highest BCUT2D eigenvalue weighted by atomic mass is 16.3. The van der Waals surface area contributed by atoms with Crippen LogP contribution in [0.5, 0.6) is 5.75 Å². The van der Waals surface area contributed by atoms with Crippen molar-refractivity contribution in [3.05, 3.63) is 106 Å². The number of Topliss-reactive ketones (excluding diaryl/α,β-unsaturated/α-hetero) is 4. The average Bonchev–Trinajstić information content (AvgIpc) is 3.10. The summed E-state index contributed by atoms with van der Waals surface area (Å²) < 4.78 is 0. The zero-order chi connectivity index (χ0) is 38.2. The van der Waals surface area contributed by atoms with Crippen molar-refractivity contribution >= 4 is 34.8 Å². The molecule has 0 radical (unpaired) electrons. The monoisotopic (exact) mass is 703 g/mol. The van der Waals surface area contributed by atoms with Gasteiger partial charge in [0.1, 0.15) is 11.4 Å². The number of rotatable bonds is 1. The number of benzene rings is 1. The fourth-order valence-corrected chi connectivity index (χ4v) is 5.57. The first-order chi connectivity index (χ1) is 24.0. The minimum absolute atomic E-state index is 0.0248. The Kier molecular flexibility index (Phi) is 13.9. The van der Waals surface area contributed by atoms with E-state index in [1.165, 1.54) is 50.3 Å². The Labute approximate surface area is 296 Å². The highest BCUT2D eigenvalue weighted by Gasteiger charge is 2.39. The largest absolute Gasteiger partial charge is 0.512 e. The summed E-state index contributed by atoms with van der Waals surface area (Å²) in [6.07, 6.45) is 10.7. The van der Waals surface area contributed by atoms with Crippen LogP contribution in [-0.4, -0.2) is 78.5 Å². The molecule has 0 fully saturated rings. The molecular formula is C39H45NO11. The van der Waals surface area contributed by atoms with Crippen LogP contribution in [-0.2, 0) is 14.4 Å². The second-order valence-corrected chi connectivity index (χ2v) is 12.9. The van der Waals surface area contributed by atoms with E-state index in [9.17, 15) is 54.6 Å². The lowest BCUT2D eigenvalue weighted by Gasteiger charge is -2.25. The number of aromatic hydroxyl groups is 1. The predicted molar refractivity (Wildman–Crippen MR) is 190 cm³/mol. The molecule has 3 aliphatic rings. The number of amides is 1. The molecule has 2 aliphatic heterocycles. The lowest BCUT2D eigenvalue weighted by molar-refractivity contribution is -0.118. The quantitative estimate of drug-likeness (QED) is 0.204. The number of carbonyl (C=O) groups is 5. The van der Waals surface area contributed by atoms with Crippen LogP contribution in [0.1, 0.15) is 78.8 Å². The maximum Gasteiger partial charge on any atom is 0.253 e. The van der Waals surface area contributed by atoms with Crippen molar-refractivity contribution in [1.29, 1.82) is 0 Å². The number of phenolic OH excluding ortho intramolecular Hbond substituents is 1. The molecule has 272 valence electrons. The third-order valence-corrected chi connectivity index (χ3v) is 8.95. The Hall–Kier alpha value is -5.17. The van der Waals surface area contributed by atoms with Gasteiger partial charge in [0, 0.05) is 36.3 Å².